The minimum Gasteiger partial charge on any atom is -0.494 e. The summed E-state index contributed by atoms with van der Waals surface area (Å²) in [6.45, 7) is 11.4. The maximum absolute atomic E-state index is 13.9. The Kier molecular flexibility index (Phi) is 8.55. The fourth-order valence-electron chi connectivity index (χ4n) is 4.64. The van der Waals surface area contributed by atoms with Gasteiger partial charge >= 0.3 is 0 Å². The van der Waals surface area contributed by atoms with Gasteiger partial charge in [-0.25, -0.2) is 4.39 Å². The van der Waals surface area contributed by atoms with Gasteiger partial charge in [-0.3, -0.25) is 19.7 Å². The second kappa shape index (κ2) is 10.9. The number of fused-ring (bicyclic) bond motifs is 3. The predicted octanol–water partition coefficient (Wildman–Crippen LogP) is 1.15. The second-order valence-electron chi connectivity index (χ2n) is 8.15. The summed E-state index contributed by atoms with van der Waals surface area (Å²) in [7, 11) is 3.36. The third-order valence-electron chi connectivity index (χ3n) is 6.39. The largest absolute Gasteiger partial charge is 0.494 e. The highest BCUT2D eigenvalue weighted by molar-refractivity contribution is 14.0. The second-order valence-corrected chi connectivity index (χ2v) is 8.15. The van der Waals surface area contributed by atoms with Crippen LogP contribution < -0.4 is 10.1 Å². The molecule has 168 valence electrons. The number of halogens is 2. The smallest absolute Gasteiger partial charge is 0.193 e. The molecule has 0 aliphatic carbocycles. The topological polar surface area (TPSA) is 46.6 Å². The first kappa shape index (κ1) is 23.5. The quantitative estimate of drug-likeness (QED) is 0.349. The maximum atomic E-state index is 13.9. The van der Waals surface area contributed by atoms with Crippen LogP contribution in [0, 0.1) is 5.82 Å². The molecule has 4 heterocycles. The van der Waals surface area contributed by atoms with Gasteiger partial charge in [0.05, 0.1) is 7.11 Å². The van der Waals surface area contributed by atoms with E-state index < -0.39 is 0 Å². The van der Waals surface area contributed by atoms with Crippen molar-refractivity contribution in [2.45, 2.75) is 12.6 Å². The fraction of sp³-hybridized carbons (Fsp3) is 0.667. The number of hydrogen-bond acceptors (Lipinski definition) is 5. The van der Waals surface area contributed by atoms with Gasteiger partial charge in [0.1, 0.15) is 0 Å². The molecule has 0 saturated carbocycles. The highest BCUT2D eigenvalue weighted by atomic mass is 127. The van der Waals surface area contributed by atoms with Crippen molar-refractivity contribution in [2.75, 3.05) is 79.6 Å². The Hall–Kier alpha value is -1.17. The van der Waals surface area contributed by atoms with E-state index in [1.807, 2.05) is 13.1 Å². The fourth-order valence-corrected chi connectivity index (χ4v) is 4.64. The van der Waals surface area contributed by atoms with Crippen molar-refractivity contribution in [2.24, 2.45) is 4.99 Å². The number of guanidine groups is 1. The molecule has 4 fully saturated rings. The molecule has 4 aliphatic rings. The first-order valence-electron chi connectivity index (χ1n) is 10.6. The van der Waals surface area contributed by atoms with E-state index in [9.17, 15) is 4.39 Å². The van der Waals surface area contributed by atoms with Gasteiger partial charge in [0.2, 0.25) is 0 Å². The van der Waals surface area contributed by atoms with Crippen LogP contribution in [0.2, 0.25) is 0 Å². The first-order valence-corrected chi connectivity index (χ1v) is 10.6. The molecule has 4 aliphatic heterocycles. The number of hydrogen-bond donors (Lipinski definition) is 1. The lowest BCUT2D eigenvalue weighted by atomic mass is 10.1. The van der Waals surface area contributed by atoms with Gasteiger partial charge in [-0.1, -0.05) is 6.07 Å². The van der Waals surface area contributed by atoms with Crippen molar-refractivity contribution in [3.05, 3.63) is 29.6 Å². The third-order valence-corrected chi connectivity index (χ3v) is 6.39. The monoisotopic (exact) mass is 532 g/mol. The van der Waals surface area contributed by atoms with Crippen LogP contribution in [0.1, 0.15) is 5.56 Å². The van der Waals surface area contributed by atoms with E-state index in [1.54, 1.807) is 12.1 Å². The van der Waals surface area contributed by atoms with Crippen molar-refractivity contribution >= 4 is 29.9 Å². The van der Waals surface area contributed by atoms with E-state index in [2.05, 4.69) is 29.9 Å². The lowest BCUT2D eigenvalue weighted by molar-refractivity contribution is 0.0151. The Morgan fingerprint density at radius 3 is 2.43 bits per heavy atom. The maximum Gasteiger partial charge on any atom is 0.193 e. The van der Waals surface area contributed by atoms with Crippen LogP contribution in [0.3, 0.4) is 0 Å². The van der Waals surface area contributed by atoms with Crippen LogP contribution in [-0.2, 0) is 6.54 Å². The Morgan fingerprint density at radius 2 is 1.87 bits per heavy atom. The Bertz CT molecular complexity index is 719. The normalized spacial score (nSPS) is 27.0. The minimum absolute atomic E-state index is 0. The number of piperazine rings is 4. The van der Waals surface area contributed by atoms with Crippen LogP contribution in [0.5, 0.6) is 5.75 Å². The van der Waals surface area contributed by atoms with Crippen LogP contribution in [0.4, 0.5) is 4.39 Å². The van der Waals surface area contributed by atoms with Gasteiger partial charge in [0, 0.05) is 85.1 Å². The molecule has 1 aromatic carbocycles. The number of aliphatic imine (C=N–C) groups is 1. The molecular weight excluding hydrogens is 498 g/mol. The third kappa shape index (κ3) is 5.54. The molecule has 0 amide bonds. The number of rotatable bonds is 5. The van der Waals surface area contributed by atoms with E-state index in [1.165, 1.54) is 33.3 Å². The van der Waals surface area contributed by atoms with Gasteiger partial charge in [0.25, 0.3) is 0 Å². The molecule has 0 radical (unpaired) electrons. The summed E-state index contributed by atoms with van der Waals surface area (Å²) in [6.07, 6.45) is 0. The van der Waals surface area contributed by atoms with Gasteiger partial charge < -0.3 is 15.0 Å². The standard InChI is InChI=1S/C21H33FN6O.HI/c1-23-21(24-14-18-16-26-5-9-27(18)10-6-26)28-11-7-25(8-12-28)15-17-3-4-20(29-2)19(22)13-17;/h3-4,13,18H,5-12,14-16H2,1-2H3,(H,23,24);1H. The van der Waals surface area contributed by atoms with Crippen molar-refractivity contribution in [3.63, 3.8) is 0 Å². The average molecular weight is 532 g/mol. The summed E-state index contributed by atoms with van der Waals surface area (Å²) in [5, 5.41) is 3.60. The summed E-state index contributed by atoms with van der Waals surface area (Å²) in [6, 6.07) is 5.81. The Labute approximate surface area is 196 Å². The first-order chi connectivity index (χ1) is 14.2. The van der Waals surface area contributed by atoms with Gasteiger partial charge in [-0.15, -0.1) is 24.0 Å². The van der Waals surface area contributed by atoms with Crippen LogP contribution in [-0.4, -0.2) is 111 Å². The minimum atomic E-state index is -0.295. The van der Waals surface area contributed by atoms with Crippen LogP contribution >= 0.6 is 24.0 Å². The predicted molar refractivity (Wildman–Crippen MR) is 128 cm³/mol. The number of ether oxygens (including phenoxy) is 1. The zero-order chi connectivity index (χ0) is 20.2. The molecule has 30 heavy (non-hydrogen) atoms. The van der Waals surface area contributed by atoms with Crippen LogP contribution in [0.15, 0.2) is 23.2 Å². The molecule has 0 spiro atoms. The van der Waals surface area contributed by atoms with E-state index in [0.29, 0.717) is 11.8 Å². The van der Waals surface area contributed by atoms with Gasteiger partial charge in [-0.05, 0) is 17.7 Å². The molecule has 1 N–H and O–H groups in total. The zero-order valence-corrected chi connectivity index (χ0v) is 20.3. The van der Waals surface area contributed by atoms with Crippen molar-refractivity contribution in [3.8, 4) is 5.75 Å². The van der Waals surface area contributed by atoms with Crippen molar-refractivity contribution < 1.29 is 9.13 Å². The number of benzene rings is 1. The van der Waals surface area contributed by atoms with Gasteiger partial charge in [0.15, 0.2) is 17.5 Å². The molecule has 1 unspecified atom stereocenters. The van der Waals surface area contributed by atoms with Gasteiger partial charge in [-0.2, -0.15) is 0 Å². The molecule has 4 saturated heterocycles. The van der Waals surface area contributed by atoms with Crippen LogP contribution in [0.25, 0.3) is 0 Å². The molecular formula is C21H34FIN6O. The summed E-state index contributed by atoms with van der Waals surface area (Å²) in [5.74, 6) is 1.00. The number of nitrogens with one attached hydrogen (secondary N) is 1. The highest BCUT2D eigenvalue weighted by Crippen LogP contribution is 2.19. The number of methoxy groups -OCH3 is 1. The Balaban J connectivity index is 0.00000256. The van der Waals surface area contributed by atoms with E-state index in [0.717, 1.165) is 57.3 Å². The molecule has 1 atom stereocenters. The molecule has 0 aromatic heterocycles. The molecule has 5 rings (SSSR count). The summed E-state index contributed by atoms with van der Waals surface area (Å²) in [4.78, 5) is 14.4. The zero-order valence-electron chi connectivity index (χ0n) is 18.0. The SMILES string of the molecule is CN=C(NCC1CN2CCN1CC2)N1CCN(Cc2ccc(OC)c(F)c2)CC1.I. The van der Waals surface area contributed by atoms with Crippen molar-refractivity contribution in [1.82, 2.24) is 24.9 Å². The lowest BCUT2D eigenvalue weighted by Gasteiger charge is -2.47. The highest BCUT2D eigenvalue weighted by Gasteiger charge is 2.32. The van der Waals surface area contributed by atoms with E-state index in [4.69, 9.17) is 4.74 Å². The summed E-state index contributed by atoms with van der Waals surface area (Å²) < 4.78 is 18.9. The van der Waals surface area contributed by atoms with E-state index in [-0.39, 0.29) is 29.8 Å². The molecule has 9 heteroatoms. The summed E-state index contributed by atoms with van der Waals surface area (Å²) >= 11 is 0. The molecule has 1 aromatic rings. The molecule has 2 bridgehead atoms. The summed E-state index contributed by atoms with van der Waals surface area (Å²) in [5.41, 5.74) is 0.982. The molecule has 7 nitrogen and oxygen atoms in total. The average Bonchev–Trinajstić information content (AvgIpc) is 2.76. The number of nitrogens with zero attached hydrogens (tertiary/aromatic N) is 5. The lowest BCUT2D eigenvalue weighted by Crippen LogP contribution is -2.64. The van der Waals surface area contributed by atoms with Crippen molar-refractivity contribution in [1.29, 1.82) is 0 Å². The Morgan fingerprint density at radius 1 is 1.13 bits per heavy atom. The van der Waals surface area contributed by atoms with E-state index >= 15 is 0 Å².